The predicted octanol–water partition coefficient (Wildman–Crippen LogP) is 3.11. The number of carbonyl (C=O) groups is 2. The van der Waals surface area contributed by atoms with Gasteiger partial charge in [-0.15, -0.1) is 0 Å². The number of hydrogen-bond acceptors (Lipinski definition) is 3. The lowest BCUT2D eigenvalue weighted by molar-refractivity contribution is -0.144. The fraction of sp³-hybridized carbons (Fsp3) is 0.565. The average Bonchev–Trinajstić information content (AvgIpc) is 2.77. The minimum atomic E-state index is -0.306. The van der Waals surface area contributed by atoms with Crippen LogP contribution in [0.15, 0.2) is 30.3 Å². The van der Waals surface area contributed by atoms with E-state index in [0.717, 1.165) is 51.7 Å². The number of ether oxygens (including phenoxy) is 1. The normalized spacial score (nSPS) is 25.8. The molecule has 5 nitrogen and oxygen atoms in total. The molecule has 0 radical (unpaired) electrons. The van der Waals surface area contributed by atoms with E-state index in [0.29, 0.717) is 24.7 Å². The quantitative estimate of drug-likeness (QED) is 0.733. The van der Waals surface area contributed by atoms with Gasteiger partial charge in [0.05, 0.1) is 0 Å². The van der Waals surface area contributed by atoms with Crippen molar-refractivity contribution in [2.24, 2.45) is 11.8 Å². The van der Waals surface area contributed by atoms with Crippen molar-refractivity contribution in [1.82, 2.24) is 9.80 Å². The summed E-state index contributed by atoms with van der Waals surface area (Å²) >= 11 is 0. The Labute approximate surface area is 171 Å². The highest BCUT2D eigenvalue weighted by Crippen LogP contribution is 2.32. The topological polar surface area (TPSA) is 49.9 Å². The molecule has 1 aromatic carbocycles. The number of piperidine rings is 2. The van der Waals surface area contributed by atoms with Gasteiger partial charge in [-0.2, -0.15) is 0 Å². The van der Waals surface area contributed by atoms with Crippen LogP contribution in [0.1, 0.15) is 37.7 Å². The maximum atomic E-state index is 13.3. The van der Waals surface area contributed by atoms with E-state index in [9.17, 15) is 14.0 Å². The van der Waals surface area contributed by atoms with E-state index in [1.807, 2.05) is 9.80 Å². The number of carbonyl (C=O) groups excluding carboxylic acids is 2. The van der Waals surface area contributed by atoms with Crippen LogP contribution in [0.5, 0.6) is 0 Å². The Kier molecular flexibility index (Phi) is 6.28. The van der Waals surface area contributed by atoms with E-state index in [4.69, 9.17) is 4.74 Å². The lowest BCUT2D eigenvalue weighted by Crippen LogP contribution is -2.57. The van der Waals surface area contributed by atoms with Crippen molar-refractivity contribution in [3.63, 3.8) is 0 Å². The molecule has 3 aliphatic rings. The molecule has 0 unspecified atom stereocenters. The highest BCUT2D eigenvalue weighted by Gasteiger charge is 2.39. The summed E-state index contributed by atoms with van der Waals surface area (Å²) in [5.74, 6) is 0.372. The predicted molar refractivity (Wildman–Crippen MR) is 108 cm³/mol. The van der Waals surface area contributed by atoms with Crippen LogP contribution in [-0.2, 0) is 14.3 Å². The summed E-state index contributed by atoms with van der Waals surface area (Å²) in [6.07, 6.45) is 7.71. The molecular formula is C23H29FN2O3. The summed E-state index contributed by atoms with van der Waals surface area (Å²) < 4.78 is 18.7. The Hall–Kier alpha value is -2.21. The van der Waals surface area contributed by atoms with Crippen LogP contribution in [0, 0.1) is 17.7 Å². The van der Waals surface area contributed by atoms with Gasteiger partial charge >= 0.3 is 0 Å². The molecule has 0 aromatic heterocycles. The van der Waals surface area contributed by atoms with E-state index < -0.39 is 0 Å². The molecule has 2 amide bonds. The number of fused-ring (bicyclic) bond motifs is 1. The Bertz CT molecular complexity index is 775. The number of likely N-dealkylation sites (tertiary alicyclic amines) is 2. The Balaban J connectivity index is 1.38. The van der Waals surface area contributed by atoms with Gasteiger partial charge in [0.25, 0.3) is 0 Å². The molecule has 0 N–H and O–H groups in total. The fourth-order valence-corrected chi connectivity index (χ4v) is 4.95. The van der Waals surface area contributed by atoms with E-state index in [-0.39, 0.29) is 29.6 Å². The van der Waals surface area contributed by atoms with Gasteiger partial charge in [0.1, 0.15) is 5.82 Å². The Morgan fingerprint density at radius 3 is 2.72 bits per heavy atom. The van der Waals surface area contributed by atoms with Crippen molar-refractivity contribution in [2.75, 3.05) is 32.8 Å². The van der Waals surface area contributed by atoms with Gasteiger partial charge in [0.2, 0.25) is 11.8 Å². The van der Waals surface area contributed by atoms with Crippen LogP contribution in [0.4, 0.5) is 4.39 Å². The van der Waals surface area contributed by atoms with Gasteiger partial charge in [-0.25, -0.2) is 4.39 Å². The molecule has 0 aliphatic carbocycles. The van der Waals surface area contributed by atoms with Crippen LogP contribution in [0.25, 0.3) is 6.08 Å². The molecule has 4 rings (SSSR count). The first-order valence-electron chi connectivity index (χ1n) is 10.7. The van der Waals surface area contributed by atoms with E-state index >= 15 is 0 Å². The molecule has 1 aromatic rings. The summed E-state index contributed by atoms with van der Waals surface area (Å²) in [4.78, 5) is 29.7. The fourth-order valence-electron chi connectivity index (χ4n) is 4.95. The van der Waals surface area contributed by atoms with Gasteiger partial charge in [-0.3, -0.25) is 9.59 Å². The van der Waals surface area contributed by atoms with E-state index in [2.05, 4.69) is 0 Å². The van der Waals surface area contributed by atoms with Crippen molar-refractivity contribution in [2.45, 2.75) is 38.1 Å². The third-order valence-electron chi connectivity index (χ3n) is 6.50. The van der Waals surface area contributed by atoms with Crippen molar-refractivity contribution in [3.8, 4) is 0 Å². The minimum absolute atomic E-state index is 0.0202. The molecule has 3 saturated heterocycles. The first-order chi connectivity index (χ1) is 14.1. The molecule has 3 fully saturated rings. The zero-order chi connectivity index (χ0) is 20.2. The molecular weight excluding hydrogens is 371 g/mol. The molecule has 2 atom stereocenters. The van der Waals surface area contributed by atoms with Crippen LogP contribution < -0.4 is 0 Å². The van der Waals surface area contributed by atoms with Crippen LogP contribution in [0.3, 0.4) is 0 Å². The zero-order valence-electron chi connectivity index (χ0n) is 16.8. The standard InChI is InChI=1S/C23H29FN2O3/c24-20-5-1-3-17(15-20)6-7-22(27)26-11-2-4-19-16-25(12-8-21(19)26)23(28)18-9-13-29-14-10-18/h1,3,5-7,15,18-19,21H,2,4,8-14,16H2/t19-,21+/m1/s1. The third kappa shape index (κ3) is 4.69. The smallest absolute Gasteiger partial charge is 0.246 e. The maximum Gasteiger partial charge on any atom is 0.246 e. The number of hydrogen-bond donors (Lipinski definition) is 0. The second-order valence-corrected chi connectivity index (χ2v) is 8.35. The summed E-state index contributed by atoms with van der Waals surface area (Å²) in [7, 11) is 0. The summed E-state index contributed by atoms with van der Waals surface area (Å²) in [5, 5.41) is 0. The van der Waals surface area contributed by atoms with Crippen molar-refractivity contribution >= 4 is 17.9 Å². The van der Waals surface area contributed by atoms with Gasteiger partial charge in [-0.1, -0.05) is 12.1 Å². The van der Waals surface area contributed by atoms with Crippen LogP contribution in [-0.4, -0.2) is 60.5 Å². The molecule has 156 valence electrons. The van der Waals surface area contributed by atoms with Gasteiger partial charge < -0.3 is 14.5 Å². The molecule has 0 spiro atoms. The van der Waals surface area contributed by atoms with Gasteiger partial charge in [0.15, 0.2) is 0 Å². The maximum absolute atomic E-state index is 13.3. The lowest BCUT2D eigenvalue weighted by atomic mass is 9.83. The molecule has 0 bridgehead atoms. The number of nitrogens with zero attached hydrogens (tertiary/aromatic N) is 2. The summed E-state index contributed by atoms with van der Waals surface area (Å²) in [5.41, 5.74) is 0.684. The Morgan fingerprint density at radius 1 is 1.10 bits per heavy atom. The number of benzene rings is 1. The highest BCUT2D eigenvalue weighted by atomic mass is 19.1. The molecule has 6 heteroatoms. The number of amides is 2. The first-order valence-corrected chi connectivity index (χ1v) is 10.7. The van der Waals surface area contributed by atoms with Crippen molar-refractivity contribution in [1.29, 1.82) is 0 Å². The SMILES string of the molecule is O=C(C1CCOCC1)N1CC[C@H]2[C@H](CCCN2C(=O)C=Cc2cccc(F)c2)C1. The van der Waals surface area contributed by atoms with Gasteiger partial charge in [0, 0.05) is 50.9 Å². The summed E-state index contributed by atoms with van der Waals surface area (Å²) in [6.45, 7) is 3.57. The minimum Gasteiger partial charge on any atom is -0.381 e. The van der Waals surface area contributed by atoms with Crippen molar-refractivity contribution < 1.29 is 18.7 Å². The monoisotopic (exact) mass is 400 g/mol. The second-order valence-electron chi connectivity index (χ2n) is 8.35. The van der Waals surface area contributed by atoms with E-state index in [1.165, 1.54) is 12.1 Å². The largest absolute Gasteiger partial charge is 0.381 e. The molecule has 3 heterocycles. The highest BCUT2D eigenvalue weighted by molar-refractivity contribution is 5.92. The second kappa shape index (κ2) is 9.08. The number of rotatable bonds is 3. The van der Waals surface area contributed by atoms with Crippen LogP contribution in [0.2, 0.25) is 0 Å². The molecule has 29 heavy (non-hydrogen) atoms. The first kappa shape index (κ1) is 20.1. The van der Waals surface area contributed by atoms with E-state index in [1.54, 1.807) is 24.3 Å². The zero-order valence-corrected chi connectivity index (χ0v) is 16.8. The number of halogens is 1. The van der Waals surface area contributed by atoms with Gasteiger partial charge in [-0.05, 0) is 61.8 Å². The summed E-state index contributed by atoms with van der Waals surface area (Å²) in [6, 6.07) is 6.42. The lowest BCUT2D eigenvalue weighted by Gasteiger charge is -2.47. The Morgan fingerprint density at radius 2 is 1.93 bits per heavy atom. The van der Waals surface area contributed by atoms with Crippen molar-refractivity contribution in [3.05, 3.63) is 41.7 Å². The molecule has 3 aliphatic heterocycles. The van der Waals surface area contributed by atoms with Crippen LogP contribution >= 0.6 is 0 Å². The third-order valence-corrected chi connectivity index (χ3v) is 6.50. The molecule has 0 saturated carbocycles. The average molecular weight is 400 g/mol.